The summed E-state index contributed by atoms with van der Waals surface area (Å²) in [5.74, 6) is 0. The van der Waals surface area contributed by atoms with Crippen molar-refractivity contribution in [3.8, 4) is 0 Å². The Kier molecular flexibility index (Phi) is 4.37. The second kappa shape index (κ2) is 5.13. The van der Waals surface area contributed by atoms with Crippen molar-refractivity contribution in [2.75, 3.05) is 6.61 Å². The van der Waals surface area contributed by atoms with Gasteiger partial charge >= 0.3 is 0 Å². The van der Waals surface area contributed by atoms with Crippen molar-refractivity contribution in [3.63, 3.8) is 0 Å². The fourth-order valence-corrected chi connectivity index (χ4v) is 1.29. The summed E-state index contributed by atoms with van der Waals surface area (Å²) in [6.45, 7) is 1.02. The Morgan fingerprint density at radius 2 is 2.30 bits per heavy atom. The average Bonchev–Trinajstić information content (AvgIpc) is 2.71. The van der Waals surface area contributed by atoms with Gasteiger partial charge in [-0.1, -0.05) is 35.1 Å². The fraction of sp³-hybridized carbons (Fsp3) is 0.750. The normalized spacial score (nSPS) is 23.9. The molecule has 0 N–H and O–H groups in total. The van der Waals surface area contributed by atoms with Crippen LogP contribution in [0.5, 0.6) is 0 Å². The predicted octanol–water partition coefficient (Wildman–Crippen LogP) is 2.89. The molecule has 10 heavy (non-hydrogen) atoms. The molecule has 1 heterocycles. The third kappa shape index (κ3) is 4.28. The standard InChI is InChI=1S/C8H13IO/c9-6-4-2-1-3-5-8-7-10-8/h4,6,8H,1-3,5,7H2/b6-4+/t8-/m1/s1. The second-order valence-corrected chi connectivity index (χ2v) is 3.32. The van der Waals surface area contributed by atoms with E-state index in [2.05, 4.69) is 32.7 Å². The van der Waals surface area contributed by atoms with E-state index in [4.69, 9.17) is 4.74 Å². The van der Waals surface area contributed by atoms with Crippen LogP contribution in [0.15, 0.2) is 10.2 Å². The molecule has 1 aliphatic rings. The molecule has 0 unspecified atom stereocenters. The van der Waals surface area contributed by atoms with Crippen LogP contribution in [-0.2, 0) is 4.74 Å². The summed E-state index contributed by atoms with van der Waals surface area (Å²) in [5.41, 5.74) is 0. The zero-order chi connectivity index (χ0) is 7.23. The number of rotatable bonds is 5. The number of unbranched alkanes of at least 4 members (excludes halogenated alkanes) is 2. The first-order chi connectivity index (χ1) is 4.93. The first-order valence-electron chi connectivity index (χ1n) is 3.80. The van der Waals surface area contributed by atoms with Gasteiger partial charge in [0.25, 0.3) is 0 Å². The van der Waals surface area contributed by atoms with E-state index in [9.17, 15) is 0 Å². The van der Waals surface area contributed by atoms with Gasteiger partial charge in [0.15, 0.2) is 0 Å². The maximum atomic E-state index is 5.10. The highest BCUT2D eigenvalue weighted by Crippen LogP contribution is 2.17. The summed E-state index contributed by atoms with van der Waals surface area (Å²) < 4.78 is 7.18. The summed E-state index contributed by atoms with van der Waals surface area (Å²) in [6.07, 6.45) is 7.99. The zero-order valence-electron chi connectivity index (χ0n) is 6.05. The van der Waals surface area contributed by atoms with Gasteiger partial charge in [-0.15, -0.1) is 0 Å². The Bertz CT molecular complexity index is 108. The Balaban J connectivity index is 1.76. The van der Waals surface area contributed by atoms with Gasteiger partial charge in [-0.2, -0.15) is 0 Å². The highest BCUT2D eigenvalue weighted by molar-refractivity contribution is 14.1. The number of halogens is 1. The summed E-state index contributed by atoms with van der Waals surface area (Å²) in [7, 11) is 0. The minimum Gasteiger partial charge on any atom is -0.373 e. The molecule has 0 amide bonds. The molecule has 1 saturated heterocycles. The predicted molar refractivity (Wildman–Crippen MR) is 51.4 cm³/mol. The summed E-state index contributed by atoms with van der Waals surface area (Å²) in [4.78, 5) is 0. The van der Waals surface area contributed by atoms with Crippen LogP contribution in [-0.4, -0.2) is 12.7 Å². The van der Waals surface area contributed by atoms with E-state index in [-0.39, 0.29) is 0 Å². The van der Waals surface area contributed by atoms with Gasteiger partial charge in [-0.25, -0.2) is 0 Å². The quantitative estimate of drug-likeness (QED) is 0.416. The molecule has 0 radical (unpaired) electrons. The monoisotopic (exact) mass is 252 g/mol. The molecule has 1 rings (SSSR count). The van der Waals surface area contributed by atoms with E-state index in [0.717, 1.165) is 6.61 Å². The van der Waals surface area contributed by atoms with Gasteiger partial charge in [0.05, 0.1) is 12.7 Å². The zero-order valence-corrected chi connectivity index (χ0v) is 8.21. The maximum absolute atomic E-state index is 5.10. The van der Waals surface area contributed by atoms with Gasteiger partial charge in [0.1, 0.15) is 0 Å². The highest BCUT2D eigenvalue weighted by atomic mass is 127. The average molecular weight is 252 g/mol. The van der Waals surface area contributed by atoms with Crippen LogP contribution >= 0.6 is 22.6 Å². The third-order valence-electron chi connectivity index (χ3n) is 1.64. The molecule has 1 atom stereocenters. The van der Waals surface area contributed by atoms with Crippen LogP contribution in [0.1, 0.15) is 25.7 Å². The Morgan fingerprint density at radius 1 is 1.50 bits per heavy atom. The van der Waals surface area contributed by atoms with Gasteiger partial charge < -0.3 is 4.74 Å². The molecule has 1 fully saturated rings. The lowest BCUT2D eigenvalue weighted by molar-refractivity contribution is 0.390. The van der Waals surface area contributed by atoms with Gasteiger partial charge in [0.2, 0.25) is 0 Å². The molecule has 0 spiro atoms. The molecular weight excluding hydrogens is 239 g/mol. The molecule has 0 aromatic carbocycles. The second-order valence-electron chi connectivity index (χ2n) is 2.60. The largest absolute Gasteiger partial charge is 0.373 e. The molecule has 0 aromatic heterocycles. The number of allylic oxidation sites excluding steroid dienone is 1. The maximum Gasteiger partial charge on any atom is 0.0810 e. The summed E-state index contributed by atoms with van der Waals surface area (Å²) >= 11 is 2.26. The van der Waals surface area contributed by atoms with Gasteiger partial charge in [-0.3, -0.25) is 0 Å². The fourth-order valence-electron chi connectivity index (χ4n) is 0.932. The smallest absolute Gasteiger partial charge is 0.0810 e. The lowest BCUT2D eigenvalue weighted by atomic mass is 10.1. The van der Waals surface area contributed by atoms with E-state index < -0.39 is 0 Å². The summed E-state index contributed by atoms with van der Waals surface area (Å²) in [5, 5.41) is 0. The SMILES string of the molecule is I/C=C/CCCC[C@@H]1CO1. The van der Waals surface area contributed by atoms with Gasteiger partial charge in [-0.05, 0) is 23.3 Å². The first-order valence-corrected chi connectivity index (χ1v) is 5.05. The molecule has 1 aliphatic heterocycles. The van der Waals surface area contributed by atoms with Crippen molar-refractivity contribution >= 4 is 22.6 Å². The third-order valence-corrected chi connectivity index (χ3v) is 2.15. The molecule has 58 valence electrons. The van der Waals surface area contributed by atoms with Crippen LogP contribution in [0.4, 0.5) is 0 Å². The molecule has 0 aliphatic carbocycles. The Labute approximate surface area is 76.0 Å². The van der Waals surface area contributed by atoms with E-state index in [1.54, 1.807) is 0 Å². The molecule has 0 bridgehead atoms. The van der Waals surface area contributed by atoms with Crippen molar-refractivity contribution in [1.82, 2.24) is 0 Å². The number of epoxide rings is 1. The van der Waals surface area contributed by atoms with Crippen LogP contribution in [0.25, 0.3) is 0 Å². The van der Waals surface area contributed by atoms with Crippen molar-refractivity contribution in [2.24, 2.45) is 0 Å². The van der Waals surface area contributed by atoms with Crippen LogP contribution in [0, 0.1) is 0 Å². The first kappa shape index (κ1) is 8.53. The molecule has 0 saturated carbocycles. The molecular formula is C8H13IO. The van der Waals surface area contributed by atoms with E-state index in [1.807, 2.05) is 0 Å². The molecule has 2 heteroatoms. The highest BCUT2D eigenvalue weighted by Gasteiger charge is 2.20. The Morgan fingerprint density at radius 3 is 2.90 bits per heavy atom. The number of hydrogen-bond donors (Lipinski definition) is 0. The van der Waals surface area contributed by atoms with E-state index in [0.29, 0.717) is 6.10 Å². The van der Waals surface area contributed by atoms with E-state index >= 15 is 0 Å². The van der Waals surface area contributed by atoms with Gasteiger partial charge in [0, 0.05) is 0 Å². The minimum atomic E-state index is 0.628. The van der Waals surface area contributed by atoms with Crippen molar-refractivity contribution in [2.45, 2.75) is 31.8 Å². The van der Waals surface area contributed by atoms with Crippen molar-refractivity contribution in [3.05, 3.63) is 10.2 Å². The van der Waals surface area contributed by atoms with Crippen LogP contribution in [0.3, 0.4) is 0 Å². The Hall–Kier alpha value is 0.430. The molecule has 1 nitrogen and oxygen atoms in total. The van der Waals surface area contributed by atoms with Crippen molar-refractivity contribution in [1.29, 1.82) is 0 Å². The number of hydrogen-bond acceptors (Lipinski definition) is 1. The topological polar surface area (TPSA) is 12.5 Å². The minimum absolute atomic E-state index is 0.628. The summed E-state index contributed by atoms with van der Waals surface area (Å²) in [6, 6.07) is 0. The van der Waals surface area contributed by atoms with E-state index in [1.165, 1.54) is 25.7 Å². The lowest BCUT2D eigenvalue weighted by Crippen LogP contribution is -1.83. The number of ether oxygens (including phenoxy) is 1. The van der Waals surface area contributed by atoms with Crippen LogP contribution in [0.2, 0.25) is 0 Å². The lowest BCUT2D eigenvalue weighted by Gasteiger charge is -1.92. The molecule has 0 aromatic rings. The van der Waals surface area contributed by atoms with Crippen molar-refractivity contribution < 1.29 is 4.74 Å². The van der Waals surface area contributed by atoms with Crippen LogP contribution < -0.4 is 0 Å².